The normalized spacial score (nSPS) is 12.0. The summed E-state index contributed by atoms with van der Waals surface area (Å²) in [5.41, 5.74) is 6.21. The van der Waals surface area contributed by atoms with Crippen LogP contribution >= 0.6 is 24.0 Å². The van der Waals surface area contributed by atoms with Crippen LogP contribution in [-0.4, -0.2) is 18.0 Å². The van der Waals surface area contributed by atoms with Crippen LogP contribution in [0.5, 0.6) is 5.75 Å². The zero-order chi connectivity index (χ0) is 16.9. The zero-order valence-electron chi connectivity index (χ0n) is 13.7. The van der Waals surface area contributed by atoms with Gasteiger partial charge in [0.15, 0.2) is 0 Å². The molecule has 0 aliphatic rings. The van der Waals surface area contributed by atoms with Crippen molar-refractivity contribution in [3.8, 4) is 5.75 Å². The van der Waals surface area contributed by atoms with Gasteiger partial charge in [-0.2, -0.15) is 0 Å². The molecule has 0 heterocycles. The van der Waals surface area contributed by atoms with Crippen LogP contribution in [0.25, 0.3) is 0 Å². The Bertz CT molecular complexity index is 640. The molecule has 2 aromatic rings. The maximum atomic E-state index is 12.5. The van der Waals surface area contributed by atoms with Crippen LogP contribution in [0.15, 0.2) is 54.6 Å². The number of ether oxygens (including phenoxy) is 1. The van der Waals surface area contributed by atoms with E-state index >= 15 is 0 Å². The average Bonchev–Trinajstić information content (AvgIpc) is 2.52. The van der Waals surface area contributed by atoms with Crippen LogP contribution in [0.3, 0.4) is 0 Å². The Balaban J connectivity index is 0.00000288. The third kappa shape index (κ3) is 6.40. The van der Waals surface area contributed by atoms with Gasteiger partial charge in [-0.3, -0.25) is 4.79 Å². The van der Waals surface area contributed by atoms with Gasteiger partial charge < -0.3 is 15.8 Å². The van der Waals surface area contributed by atoms with Crippen molar-refractivity contribution in [1.29, 1.82) is 0 Å². The van der Waals surface area contributed by atoms with E-state index in [4.69, 9.17) is 22.1 Å². The van der Waals surface area contributed by atoms with Crippen LogP contribution in [0.4, 0.5) is 0 Å². The Labute approximate surface area is 153 Å². The molecule has 0 radical (unpaired) electrons. The first-order valence-electron chi connectivity index (χ1n) is 7.39. The van der Waals surface area contributed by atoms with E-state index in [0.29, 0.717) is 17.3 Å². The summed E-state index contributed by atoms with van der Waals surface area (Å²) in [5.74, 6) is 0.343. The van der Waals surface area contributed by atoms with Crippen molar-refractivity contribution in [2.24, 2.45) is 5.73 Å². The fraction of sp³-hybridized carbons (Fsp3) is 0.278. The van der Waals surface area contributed by atoms with E-state index in [2.05, 4.69) is 5.32 Å². The van der Waals surface area contributed by atoms with Crippen molar-refractivity contribution in [3.05, 3.63) is 65.2 Å². The largest absolute Gasteiger partial charge is 0.476 e. The zero-order valence-corrected chi connectivity index (χ0v) is 15.2. The maximum Gasteiger partial charge on any atom is 0.265 e. The first-order valence-corrected chi connectivity index (χ1v) is 7.77. The molecule has 6 heteroatoms. The fourth-order valence-electron chi connectivity index (χ4n) is 1.96. The summed E-state index contributed by atoms with van der Waals surface area (Å²) in [7, 11) is 0. The summed E-state index contributed by atoms with van der Waals surface area (Å²) < 4.78 is 5.87. The maximum absolute atomic E-state index is 12.5. The van der Waals surface area contributed by atoms with E-state index < -0.39 is 11.6 Å². The standard InChI is InChI=1S/C18H21ClN2O2.ClH/c1-18(2,20)12-21-17(22)16(13-6-4-3-5-7-13)23-15-10-8-14(19)9-11-15;/h3-11,16H,12,20H2,1-2H3,(H,21,22);1H. The van der Waals surface area contributed by atoms with Crippen LogP contribution in [-0.2, 0) is 4.79 Å². The summed E-state index contributed by atoms with van der Waals surface area (Å²) in [6.07, 6.45) is -0.750. The molecule has 1 amide bonds. The Morgan fingerprint density at radius 2 is 1.75 bits per heavy atom. The second-order valence-electron chi connectivity index (χ2n) is 6.07. The molecular weight excluding hydrogens is 347 g/mol. The SMILES string of the molecule is CC(C)(N)CNC(=O)C(Oc1ccc(Cl)cc1)c1ccccc1.Cl. The van der Waals surface area contributed by atoms with Gasteiger partial charge in [0.1, 0.15) is 5.75 Å². The Morgan fingerprint density at radius 3 is 2.29 bits per heavy atom. The summed E-state index contributed by atoms with van der Waals surface area (Å²) in [5, 5.41) is 3.45. The minimum atomic E-state index is -0.750. The van der Waals surface area contributed by atoms with Crippen LogP contribution in [0.1, 0.15) is 25.5 Å². The van der Waals surface area contributed by atoms with Crippen LogP contribution in [0, 0.1) is 0 Å². The van der Waals surface area contributed by atoms with Gasteiger partial charge in [0.05, 0.1) is 0 Å². The minimum Gasteiger partial charge on any atom is -0.476 e. The lowest BCUT2D eigenvalue weighted by atomic mass is 10.1. The summed E-state index contributed by atoms with van der Waals surface area (Å²) in [6, 6.07) is 16.3. The molecule has 0 aliphatic carbocycles. The van der Waals surface area contributed by atoms with E-state index in [-0.39, 0.29) is 18.3 Å². The number of hydrogen-bond donors (Lipinski definition) is 2. The van der Waals surface area contributed by atoms with E-state index in [1.165, 1.54) is 0 Å². The Morgan fingerprint density at radius 1 is 1.17 bits per heavy atom. The molecule has 0 saturated carbocycles. The van der Waals surface area contributed by atoms with Gasteiger partial charge in [0.25, 0.3) is 5.91 Å². The van der Waals surface area contributed by atoms with Gasteiger partial charge in [0.2, 0.25) is 6.10 Å². The van der Waals surface area contributed by atoms with Gasteiger partial charge in [-0.25, -0.2) is 0 Å². The van der Waals surface area contributed by atoms with Crippen LogP contribution < -0.4 is 15.8 Å². The van der Waals surface area contributed by atoms with Gasteiger partial charge >= 0.3 is 0 Å². The summed E-state index contributed by atoms with van der Waals surface area (Å²) in [6.45, 7) is 4.06. The molecule has 0 saturated heterocycles. The van der Waals surface area contributed by atoms with Gasteiger partial charge in [-0.05, 0) is 38.1 Å². The number of nitrogens with one attached hydrogen (secondary N) is 1. The highest BCUT2D eigenvalue weighted by molar-refractivity contribution is 6.30. The number of carbonyl (C=O) groups excluding carboxylic acids is 1. The number of rotatable bonds is 6. The van der Waals surface area contributed by atoms with Crippen molar-refractivity contribution in [3.63, 3.8) is 0 Å². The lowest BCUT2D eigenvalue weighted by Gasteiger charge is -2.23. The van der Waals surface area contributed by atoms with Crippen molar-refractivity contribution in [1.82, 2.24) is 5.32 Å². The van der Waals surface area contributed by atoms with Crippen LogP contribution in [0.2, 0.25) is 5.02 Å². The molecule has 130 valence electrons. The lowest BCUT2D eigenvalue weighted by molar-refractivity contribution is -0.128. The molecule has 0 aromatic heterocycles. The van der Waals surface area contributed by atoms with E-state index in [1.54, 1.807) is 24.3 Å². The molecule has 4 nitrogen and oxygen atoms in total. The minimum absolute atomic E-state index is 0. The van der Waals surface area contributed by atoms with Gasteiger partial charge in [-0.15, -0.1) is 12.4 Å². The molecule has 2 aromatic carbocycles. The number of halogens is 2. The predicted octanol–water partition coefficient (Wildman–Crippen LogP) is 3.74. The van der Waals surface area contributed by atoms with Gasteiger partial charge in [0, 0.05) is 22.7 Å². The van der Waals surface area contributed by atoms with Crippen molar-refractivity contribution >= 4 is 29.9 Å². The highest BCUT2D eigenvalue weighted by Gasteiger charge is 2.24. The molecule has 3 N–H and O–H groups in total. The molecule has 1 unspecified atom stereocenters. The molecule has 24 heavy (non-hydrogen) atoms. The van der Waals surface area contributed by atoms with Gasteiger partial charge in [-0.1, -0.05) is 41.9 Å². The predicted molar refractivity (Wildman–Crippen MR) is 99.8 cm³/mol. The first kappa shape index (κ1) is 20.3. The van der Waals surface area contributed by atoms with E-state index in [1.807, 2.05) is 44.2 Å². The number of carbonyl (C=O) groups is 1. The Hall–Kier alpha value is -1.75. The number of hydrogen-bond acceptors (Lipinski definition) is 3. The monoisotopic (exact) mass is 368 g/mol. The third-order valence-electron chi connectivity index (χ3n) is 3.13. The molecule has 0 bridgehead atoms. The average molecular weight is 369 g/mol. The smallest absolute Gasteiger partial charge is 0.265 e. The fourth-order valence-corrected chi connectivity index (χ4v) is 2.08. The van der Waals surface area contributed by atoms with Crippen molar-refractivity contribution in [2.75, 3.05) is 6.54 Å². The summed E-state index contributed by atoms with van der Waals surface area (Å²) in [4.78, 5) is 12.5. The molecule has 0 fully saturated rings. The van der Waals surface area contributed by atoms with Crippen molar-refractivity contribution in [2.45, 2.75) is 25.5 Å². The molecule has 2 rings (SSSR count). The molecular formula is C18H22Cl2N2O2. The summed E-state index contributed by atoms with van der Waals surface area (Å²) >= 11 is 5.88. The first-order chi connectivity index (χ1) is 10.8. The third-order valence-corrected chi connectivity index (χ3v) is 3.38. The molecule has 0 aliphatic heterocycles. The number of nitrogens with two attached hydrogens (primary N) is 1. The second-order valence-corrected chi connectivity index (χ2v) is 6.51. The Kier molecular flexibility index (Phi) is 7.55. The molecule has 0 spiro atoms. The second kappa shape index (κ2) is 8.92. The van der Waals surface area contributed by atoms with E-state index in [9.17, 15) is 4.79 Å². The quantitative estimate of drug-likeness (QED) is 0.816. The number of benzene rings is 2. The van der Waals surface area contributed by atoms with E-state index in [0.717, 1.165) is 5.56 Å². The highest BCUT2D eigenvalue weighted by atomic mass is 35.5. The van der Waals surface area contributed by atoms with Crippen molar-refractivity contribution < 1.29 is 9.53 Å². The molecule has 1 atom stereocenters. The number of amides is 1. The highest BCUT2D eigenvalue weighted by Crippen LogP contribution is 2.24. The lowest BCUT2D eigenvalue weighted by Crippen LogP contribution is -2.46. The topological polar surface area (TPSA) is 64.3 Å².